The van der Waals surface area contributed by atoms with Crippen LogP contribution in [-0.4, -0.2) is 26.1 Å². The molecule has 1 amide bonds. The fourth-order valence-corrected chi connectivity index (χ4v) is 3.04. The van der Waals surface area contributed by atoms with Gasteiger partial charge in [0, 0.05) is 21.7 Å². The molecule has 0 bridgehead atoms. The van der Waals surface area contributed by atoms with Crippen molar-refractivity contribution in [3.05, 3.63) is 18.2 Å². The molecule has 0 aliphatic heterocycles. The number of amides is 1. The Kier molecular flexibility index (Phi) is 4.16. The van der Waals surface area contributed by atoms with E-state index in [2.05, 4.69) is 10.3 Å². The molecule has 2 rings (SSSR count). The van der Waals surface area contributed by atoms with E-state index < -0.39 is 10.8 Å². The predicted octanol–water partition coefficient (Wildman–Crippen LogP) is 1.97. The molecule has 3 N–H and O–H groups in total. The summed E-state index contributed by atoms with van der Waals surface area (Å²) >= 11 is 1.35. The summed E-state index contributed by atoms with van der Waals surface area (Å²) in [5, 5.41) is 3.15. The van der Waals surface area contributed by atoms with Crippen LogP contribution in [0.3, 0.4) is 0 Å². The first-order valence-corrected chi connectivity index (χ1v) is 7.98. The molecule has 7 heteroatoms. The number of aromatic nitrogens is 1. The van der Waals surface area contributed by atoms with Crippen molar-refractivity contribution in [3.63, 3.8) is 0 Å². The number of nitrogens with two attached hydrogens (primary N) is 1. The van der Waals surface area contributed by atoms with Crippen LogP contribution in [0.1, 0.15) is 13.8 Å². The number of fused-ring (bicyclic) bond motifs is 1. The number of nitrogens with zero attached hydrogens (tertiary/aromatic N) is 1. The molecule has 2 aromatic rings. The zero-order chi connectivity index (χ0) is 14.0. The van der Waals surface area contributed by atoms with E-state index in [1.165, 1.54) is 11.3 Å². The van der Waals surface area contributed by atoms with E-state index in [4.69, 9.17) is 5.73 Å². The first-order valence-electron chi connectivity index (χ1n) is 5.79. The SMILES string of the molecule is CC(C)S(=O)CC(=O)Nc1nc2ccc(N)cc2s1. The molecule has 1 aromatic heterocycles. The second-order valence-corrected chi connectivity index (χ2v) is 7.39. The molecule has 0 fully saturated rings. The van der Waals surface area contributed by atoms with E-state index in [1.807, 2.05) is 26.0 Å². The van der Waals surface area contributed by atoms with E-state index in [0.717, 1.165) is 10.2 Å². The van der Waals surface area contributed by atoms with Gasteiger partial charge in [0.1, 0.15) is 5.75 Å². The van der Waals surface area contributed by atoms with Crippen LogP contribution in [0.25, 0.3) is 10.2 Å². The minimum absolute atomic E-state index is 0.00424. The number of rotatable bonds is 4. The number of anilines is 2. The Morgan fingerprint density at radius 2 is 2.26 bits per heavy atom. The first-order chi connectivity index (χ1) is 8.95. The van der Waals surface area contributed by atoms with Crippen molar-refractivity contribution in [2.24, 2.45) is 0 Å². The summed E-state index contributed by atoms with van der Waals surface area (Å²) in [5.74, 6) is -0.283. The summed E-state index contributed by atoms with van der Waals surface area (Å²) in [6, 6.07) is 5.39. The topological polar surface area (TPSA) is 85.1 Å². The first kappa shape index (κ1) is 14.0. The van der Waals surface area contributed by atoms with Gasteiger partial charge in [-0.3, -0.25) is 9.00 Å². The Bertz CT molecular complexity index is 637. The lowest BCUT2D eigenvalue weighted by Gasteiger charge is -2.04. The van der Waals surface area contributed by atoms with Gasteiger partial charge in [0.2, 0.25) is 5.91 Å². The molecule has 0 radical (unpaired) electrons. The van der Waals surface area contributed by atoms with Gasteiger partial charge in [0.25, 0.3) is 0 Å². The highest BCUT2D eigenvalue weighted by molar-refractivity contribution is 7.86. The van der Waals surface area contributed by atoms with Crippen molar-refractivity contribution in [2.75, 3.05) is 16.8 Å². The monoisotopic (exact) mass is 297 g/mol. The number of nitrogens with one attached hydrogen (secondary N) is 1. The van der Waals surface area contributed by atoms with Crippen LogP contribution in [0.5, 0.6) is 0 Å². The average Bonchev–Trinajstić information content (AvgIpc) is 2.69. The molecule has 1 aromatic carbocycles. The summed E-state index contributed by atoms with van der Waals surface area (Å²) in [6.45, 7) is 3.65. The van der Waals surface area contributed by atoms with Crippen LogP contribution in [0.2, 0.25) is 0 Å². The number of benzene rings is 1. The maximum absolute atomic E-state index is 11.7. The van der Waals surface area contributed by atoms with Crippen LogP contribution in [0.15, 0.2) is 18.2 Å². The van der Waals surface area contributed by atoms with Crippen LogP contribution >= 0.6 is 11.3 Å². The highest BCUT2D eigenvalue weighted by Crippen LogP contribution is 2.27. The molecule has 5 nitrogen and oxygen atoms in total. The second-order valence-electron chi connectivity index (χ2n) is 4.37. The third-order valence-corrected chi connectivity index (χ3v) is 4.99. The lowest BCUT2D eigenvalue weighted by atomic mass is 10.3. The summed E-state index contributed by atoms with van der Waals surface area (Å²) in [7, 11) is -1.15. The van der Waals surface area contributed by atoms with Gasteiger partial charge >= 0.3 is 0 Å². The molecule has 1 heterocycles. The summed E-state index contributed by atoms with van der Waals surface area (Å²) in [4.78, 5) is 16.0. The fourth-order valence-electron chi connectivity index (χ4n) is 1.45. The van der Waals surface area contributed by atoms with Crippen molar-refractivity contribution in [1.82, 2.24) is 4.98 Å². The lowest BCUT2D eigenvalue weighted by molar-refractivity contribution is -0.113. The number of carbonyl (C=O) groups excluding carboxylic acids is 1. The number of hydrogen-bond acceptors (Lipinski definition) is 5. The Hall–Kier alpha value is -1.47. The highest BCUT2D eigenvalue weighted by atomic mass is 32.2. The number of carbonyl (C=O) groups is 1. The van der Waals surface area contributed by atoms with Gasteiger partial charge < -0.3 is 11.1 Å². The van der Waals surface area contributed by atoms with Gasteiger partial charge in [0.05, 0.1) is 10.2 Å². The van der Waals surface area contributed by atoms with Crippen molar-refractivity contribution < 1.29 is 9.00 Å². The van der Waals surface area contributed by atoms with Crippen LogP contribution < -0.4 is 11.1 Å². The van der Waals surface area contributed by atoms with E-state index in [-0.39, 0.29) is 16.9 Å². The molecule has 102 valence electrons. The normalized spacial score (nSPS) is 12.8. The van der Waals surface area contributed by atoms with Crippen LogP contribution in [-0.2, 0) is 15.6 Å². The van der Waals surface area contributed by atoms with E-state index in [9.17, 15) is 9.00 Å². The number of nitrogen functional groups attached to an aromatic ring is 1. The Balaban J connectivity index is 2.09. The lowest BCUT2D eigenvalue weighted by Crippen LogP contribution is -2.23. The quantitative estimate of drug-likeness (QED) is 0.845. The van der Waals surface area contributed by atoms with Gasteiger partial charge in [0.15, 0.2) is 5.13 Å². The molecule has 0 saturated heterocycles. The Labute approximate surface area is 117 Å². The minimum atomic E-state index is -1.15. The molecular formula is C12H15N3O2S2. The van der Waals surface area contributed by atoms with Crippen molar-refractivity contribution in [2.45, 2.75) is 19.1 Å². The average molecular weight is 297 g/mol. The number of hydrogen-bond donors (Lipinski definition) is 2. The smallest absolute Gasteiger partial charge is 0.238 e. The van der Waals surface area contributed by atoms with E-state index in [0.29, 0.717) is 10.8 Å². The van der Waals surface area contributed by atoms with Crippen molar-refractivity contribution >= 4 is 49.1 Å². The Morgan fingerprint density at radius 3 is 2.95 bits per heavy atom. The fraction of sp³-hybridized carbons (Fsp3) is 0.333. The van der Waals surface area contributed by atoms with Crippen molar-refractivity contribution in [3.8, 4) is 0 Å². The number of thiazole rings is 1. The molecule has 0 aliphatic rings. The predicted molar refractivity (Wildman–Crippen MR) is 80.8 cm³/mol. The van der Waals surface area contributed by atoms with Gasteiger partial charge in [-0.25, -0.2) is 4.98 Å². The Morgan fingerprint density at radius 1 is 1.53 bits per heavy atom. The van der Waals surface area contributed by atoms with Crippen LogP contribution in [0, 0.1) is 0 Å². The largest absolute Gasteiger partial charge is 0.399 e. The minimum Gasteiger partial charge on any atom is -0.399 e. The van der Waals surface area contributed by atoms with Gasteiger partial charge in [-0.2, -0.15) is 0 Å². The molecule has 0 spiro atoms. The molecule has 1 unspecified atom stereocenters. The molecule has 0 saturated carbocycles. The molecule has 0 aliphatic carbocycles. The van der Waals surface area contributed by atoms with E-state index >= 15 is 0 Å². The third kappa shape index (κ3) is 3.51. The second kappa shape index (κ2) is 5.66. The third-order valence-electron chi connectivity index (χ3n) is 2.46. The standard InChI is InChI=1S/C12H15N3O2S2/c1-7(2)19(17)6-11(16)15-12-14-9-4-3-8(13)5-10(9)18-12/h3-5,7H,6,13H2,1-2H3,(H,14,15,16). The van der Waals surface area contributed by atoms with Crippen LogP contribution in [0.4, 0.5) is 10.8 Å². The summed E-state index contributed by atoms with van der Waals surface area (Å²) < 4.78 is 12.5. The van der Waals surface area contributed by atoms with Gasteiger partial charge in [-0.1, -0.05) is 25.2 Å². The zero-order valence-electron chi connectivity index (χ0n) is 10.7. The molecule has 19 heavy (non-hydrogen) atoms. The van der Waals surface area contributed by atoms with Gasteiger partial charge in [-0.05, 0) is 18.2 Å². The highest BCUT2D eigenvalue weighted by Gasteiger charge is 2.13. The van der Waals surface area contributed by atoms with E-state index in [1.54, 1.807) is 6.07 Å². The zero-order valence-corrected chi connectivity index (χ0v) is 12.3. The summed E-state index contributed by atoms with van der Waals surface area (Å²) in [5.41, 5.74) is 7.14. The maximum atomic E-state index is 11.7. The summed E-state index contributed by atoms with van der Waals surface area (Å²) in [6.07, 6.45) is 0. The maximum Gasteiger partial charge on any atom is 0.238 e. The van der Waals surface area contributed by atoms with Gasteiger partial charge in [-0.15, -0.1) is 0 Å². The van der Waals surface area contributed by atoms with Crippen molar-refractivity contribution in [1.29, 1.82) is 0 Å². The molecular weight excluding hydrogens is 282 g/mol. The molecule has 1 atom stereocenters.